The number of carbonyl (C=O) groups excluding carboxylic acids is 2. The van der Waals surface area contributed by atoms with Gasteiger partial charge in [0.2, 0.25) is 11.8 Å². The Kier molecular flexibility index (Phi) is 5.06. The molecule has 2 fully saturated rings. The first-order valence-corrected chi connectivity index (χ1v) is 10.1. The van der Waals surface area contributed by atoms with Crippen LogP contribution in [0, 0.1) is 25.7 Å². The number of rotatable bonds is 4. The average Bonchev–Trinajstić information content (AvgIpc) is 3.36. The number of hydrogen-bond acceptors (Lipinski definition) is 4. The Labute approximate surface area is 171 Å². The minimum absolute atomic E-state index is 0.00129. The third kappa shape index (κ3) is 3.50. The van der Waals surface area contributed by atoms with E-state index in [2.05, 4.69) is 10.2 Å². The molecule has 7 nitrogen and oxygen atoms in total. The van der Waals surface area contributed by atoms with Gasteiger partial charge in [-0.2, -0.15) is 5.10 Å². The number of amides is 2. The van der Waals surface area contributed by atoms with E-state index in [0.29, 0.717) is 32.0 Å². The molecule has 7 heteroatoms. The summed E-state index contributed by atoms with van der Waals surface area (Å²) in [6.45, 7) is 7.59. The number of ether oxygens (including phenoxy) is 1. The molecular weight excluding hydrogens is 368 g/mol. The molecule has 0 saturated carbocycles. The molecule has 2 saturated heterocycles. The number of H-pyrrole nitrogens is 1. The fourth-order valence-electron chi connectivity index (χ4n) is 4.90. The molecule has 1 aromatic carbocycles. The minimum Gasteiger partial charge on any atom is -0.497 e. The number of aryl methyl sites for hydroxylation is 2. The quantitative estimate of drug-likeness (QED) is 0.860. The molecule has 0 unspecified atom stereocenters. The van der Waals surface area contributed by atoms with Crippen molar-refractivity contribution in [3.05, 3.63) is 46.8 Å². The van der Waals surface area contributed by atoms with Crippen molar-refractivity contribution < 1.29 is 14.3 Å². The SMILES string of the molecule is COc1ccc([C@H]2[C@@H]3CN(C(=O)Cc4c(C)n[nH]c4C)C[C@@H]3CN2C(C)=O)cc1. The first-order valence-electron chi connectivity index (χ1n) is 10.1. The second kappa shape index (κ2) is 7.54. The lowest BCUT2D eigenvalue weighted by atomic mass is 9.89. The van der Waals surface area contributed by atoms with E-state index in [1.807, 2.05) is 47.9 Å². The summed E-state index contributed by atoms with van der Waals surface area (Å²) < 4.78 is 5.27. The molecule has 2 aliphatic heterocycles. The van der Waals surface area contributed by atoms with Crippen LogP contribution < -0.4 is 4.74 Å². The first kappa shape index (κ1) is 19.5. The summed E-state index contributed by atoms with van der Waals surface area (Å²) >= 11 is 0. The number of carbonyl (C=O) groups is 2. The fourth-order valence-corrected chi connectivity index (χ4v) is 4.90. The zero-order chi connectivity index (χ0) is 20.7. The molecule has 154 valence electrons. The summed E-state index contributed by atoms with van der Waals surface area (Å²) in [5.41, 5.74) is 3.93. The van der Waals surface area contributed by atoms with Crippen molar-refractivity contribution in [2.75, 3.05) is 26.7 Å². The normalized spacial score (nSPS) is 23.4. The minimum atomic E-state index is -0.00129. The van der Waals surface area contributed by atoms with Crippen molar-refractivity contribution in [3.8, 4) is 5.75 Å². The van der Waals surface area contributed by atoms with Crippen molar-refractivity contribution in [2.24, 2.45) is 11.8 Å². The fraction of sp³-hybridized carbons (Fsp3) is 0.500. The maximum Gasteiger partial charge on any atom is 0.227 e. The van der Waals surface area contributed by atoms with Gasteiger partial charge in [0, 0.05) is 49.7 Å². The molecule has 2 aliphatic rings. The van der Waals surface area contributed by atoms with Crippen molar-refractivity contribution in [1.82, 2.24) is 20.0 Å². The van der Waals surface area contributed by atoms with E-state index in [4.69, 9.17) is 4.74 Å². The predicted molar refractivity (Wildman–Crippen MR) is 108 cm³/mol. The molecule has 1 N–H and O–H groups in total. The highest BCUT2D eigenvalue weighted by Gasteiger charge is 2.49. The van der Waals surface area contributed by atoms with E-state index < -0.39 is 0 Å². The van der Waals surface area contributed by atoms with Gasteiger partial charge in [0.15, 0.2) is 0 Å². The Bertz CT molecular complexity index is 901. The number of aromatic amines is 1. The Morgan fingerprint density at radius 2 is 1.90 bits per heavy atom. The highest BCUT2D eigenvalue weighted by molar-refractivity contribution is 5.80. The lowest BCUT2D eigenvalue weighted by Gasteiger charge is -2.29. The lowest BCUT2D eigenvalue weighted by molar-refractivity contribution is -0.131. The van der Waals surface area contributed by atoms with Gasteiger partial charge in [-0.1, -0.05) is 12.1 Å². The molecule has 0 aliphatic carbocycles. The van der Waals surface area contributed by atoms with E-state index in [0.717, 1.165) is 28.3 Å². The standard InChI is InChI=1S/C22H28N4O3/c1-13-19(14(2)24-23-13)9-21(28)25-10-17-11-26(15(3)27)22(20(17)12-25)16-5-7-18(29-4)8-6-16/h5-8,17,20,22H,9-12H2,1-4H3,(H,23,24)/t17-,20-,22+/m1/s1. The second-order valence-corrected chi connectivity index (χ2v) is 8.20. The average molecular weight is 396 g/mol. The van der Waals surface area contributed by atoms with Gasteiger partial charge < -0.3 is 14.5 Å². The number of nitrogens with one attached hydrogen (secondary N) is 1. The summed E-state index contributed by atoms with van der Waals surface area (Å²) in [6, 6.07) is 7.93. The van der Waals surface area contributed by atoms with Gasteiger partial charge in [-0.25, -0.2) is 0 Å². The van der Waals surface area contributed by atoms with E-state index in [1.54, 1.807) is 14.0 Å². The van der Waals surface area contributed by atoms with E-state index in [-0.39, 0.29) is 23.8 Å². The number of fused-ring (bicyclic) bond motifs is 1. The topological polar surface area (TPSA) is 78.5 Å². The molecular formula is C22H28N4O3. The maximum atomic E-state index is 13.0. The Hall–Kier alpha value is -2.83. The summed E-state index contributed by atoms with van der Waals surface area (Å²) in [7, 11) is 1.65. The molecule has 1 aromatic heterocycles. The molecule has 29 heavy (non-hydrogen) atoms. The molecule has 2 aromatic rings. The second-order valence-electron chi connectivity index (χ2n) is 8.20. The van der Waals surface area contributed by atoms with Crippen LogP contribution in [0.3, 0.4) is 0 Å². The highest BCUT2D eigenvalue weighted by Crippen LogP contribution is 2.45. The number of aromatic nitrogens is 2. The van der Waals surface area contributed by atoms with E-state index in [9.17, 15) is 9.59 Å². The first-order chi connectivity index (χ1) is 13.9. The van der Waals surface area contributed by atoms with Crippen LogP contribution in [0.25, 0.3) is 0 Å². The summed E-state index contributed by atoms with van der Waals surface area (Å²) in [5.74, 6) is 1.58. The molecule has 0 radical (unpaired) electrons. The van der Waals surface area contributed by atoms with Crippen LogP contribution in [-0.2, 0) is 16.0 Å². The van der Waals surface area contributed by atoms with Gasteiger partial charge in [0.1, 0.15) is 5.75 Å². The van der Waals surface area contributed by atoms with Crippen molar-refractivity contribution in [2.45, 2.75) is 33.2 Å². The van der Waals surface area contributed by atoms with Crippen molar-refractivity contribution in [1.29, 1.82) is 0 Å². The molecule has 3 heterocycles. The summed E-state index contributed by atoms with van der Waals surface area (Å²) in [5, 5.41) is 7.15. The number of benzene rings is 1. The molecule has 0 spiro atoms. The number of likely N-dealkylation sites (tertiary alicyclic amines) is 2. The Morgan fingerprint density at radius 1 is 1.17 bits per heavy atom. The monoisotopic (exact) mass is 396 g/mol. The van der Waals surface area contributed by atoms with Gasteiger partial charge in [0.25, 0.3) is 0 Å². The third-order valence-corrected chi connectivity index (χ3v) is 6.49. The number of hydrogen-bond donors (Lipinski definition) is 1. The van der Waals surface area contributed by atoms with Crippen molar-refractivity contribution >= 4 is 11.8 Å². The van der Waals surface area contributed by atoms with Crippen LogP contribution in [0.2, 0.25) is 0 Å². The highest BCUT2D eigenvalue weighted by atomic mass is 16.5. The zero-order valence-electron chi connectivity index (χ0n) is 17.4. The molecule has 2 amide bonds. The Morgan fingerprint density at radius 3 is 2.48 bits per heavy atom. The van der Waals surface area contributed by atoms with Gasteiger partial charge in [-0.3, -0.25) is 14.7 Å². The van der Waals surface area contributed by atoms with Crippen LogP contribution in [0.15, 0.2) is 24.3 Å². The maximum absolute atomic E-state index is 13.0. The van der Waals surface area contributed by atoms with Crippen molar-refractivity contribution in [3.63, 3.8) is 0 Å². The van der Waals surface area contributed by atoms with E-state index in [1.165, 1.54) is 0 Å². The zero-order valence-corrected chi connectivity index (χ0v) is 17.4. The predicted octanol–water partition coefficient (Wildman–Crippen LogP) is 2.26. The van der Waals surface area contributed by atoms with Crippen LogP contribution >= 0.6 is 0 Å². The summed E-state index contributed by atoms with van der Waals surface area (Å²) in [6.07, 6.45) is 0.372. The van der Waals surface area contributed by atoms with E-state index >= 15 is 0 Å². The number of methoxy groups -OCH3 is 1. The summed E-state index contributed by atoms with van der Waals surface area (Å²) in [4.78, 5) is 29.2. The van der Waals surface area contributed by atoms with Crippen LogP contribution in [0.5, 0.6) is 5.75 Å². The van der Waals surface area contributed by atoms with Crippen LogP contribution in [-0.4, -0.2) is 58.6 Å². The van der Waals surface area contributed by atoms with Gasteiger partial charge in [0.05, 0.1) is 25.3 Å². The lowest BCUT2D eigenvalue weighted by Crippen LogP contribution is -2.37. The largest absolute Gasteiger partial charge is 0.497 e. The van der Waals surface area contributed by atoms with Crippen LogP contribution in [0.1, 0.15) is 35.5 Å². The van der Waals surface area contributed by atoms with Gasteiger partial charge >= 0.3 is 0 Å². The molecule has 0 bridgehead atoms. The third-order valence-electron chi connectivity index (χ3n) is 6.49. The Balaban J connectivity index is 1.53. The van der Waals surface area contributed by atoms with Gasteiger partial charge in [-0.15, -0.1) is 0 Å². The molecule has 4 rings (SSSR count). The van der Waals surface area contributed by atoms with Crippen LogP contribution in [0.4, 0.5) is 0 Å². The van der Waals surface area contributed by atoms with Gasteiger partial charge in [-0.05, 0) is 31.5 Å². The smallest absolute Gasteiger partial charge is 0.227 e. The number of nitrogens with zero attached hydrogens (tertiary/aromatic N) is 3. The molecule has 3 atom stereocenters.